The minimum Gasteiger partial charge on any atom is -0.494 e. The van der Waals surface area contributed by atoms with Crippen molar-refractivity contribution in [3.8, 4) is 5.75 Å². The van der Waals surface area contributed by atoms with Crippen LogP contribution in [0.5, 0.6) is 5.75 Å². The zero-order valence-electron chi connectivity index (χ0n) is 10.5. The lowest BCUT2D eigenvalue weighted by Crippen LogP contribution is -1.99. The van der Waals surface area contributed by atoms with Crippen molar-refractivity contribution in [2.24, 2.45) is 0 Å². The van der Waals surface area contributed by atoms with Gasteiger partial charge >= 0.3 is 5.97 Å². The molecule has 0 spiro atoms. The van der Waals surface area contributed by atoms with Crippen LogP contribution in [0, 0.1) is 12.7 Å². The third-order valence-corrected chi connectivity index (χ3v) is 2.72. The van der Waals surface area contributed by atoms with Gasteiger partial charge in [-0.15, -0.1) is 0 Å². The van der Waals surface area contributed by atoms with E-state index in [2.05, 4.69) is 9.97 Å². The van der Waals surface area contributed by atoms with Gasteiger partial charge in [-0.3, -0.25) is 0 Å². The molecule has 2 rings (SSSR count). The molecule has 0 amide bonds. The van der Waals surface area contributed by atoms with Crippen molar-refractivity contribution in [2.75, 3.05) is 7.11 Å². The SMILES string of the molecule is COc1ccc(Cc2nc(C(=O)O)c(C)[nH]2)cc1F. The first-order chi connectivity index (χ1) is 9.01. The number of rotatable bonds is 4. The normalized spacial score (nSPS) is 10.5. The van der Waals surface area contributed by atoms with E-state index in [1.807, 2.05) is 0 Å². The highest BCUT2D eigenvalue weighted by Gasteiger charge is 2.14. The number of aromatic amines is 1. The first kappa shape index (κ1) is 13.1. The lowest BCUT2D eigenvalue weighted by molar-refractivity contribution is 0.0690. The van der Waals surface area contributed by atoms with Gasteiger partial charge < -0.3 is 14.8 Å². The van der Waals surface area contributed by atoms with E-state index in [0.29, 0.717) is 23.5 Å². The summed E-state index contributed by atoms with van der Waals surface area (Å²) >= 11 is 0. The maximum atomic E-state index is 13.5. The van der Waals surface area contributed by atoms with Gasteiger partial charge in [-0.1, -0.05) is 6.07 Å². The van der Waals surface area contributed by atoms with Crippen LogP contribution in [0.3, 0.4) is 0 Å². The predicted molar refractivity (Wildman–Crippen MR) is 66.0 cm³/mol. The number of carboxylic acid groups (broad SMARTS) is 1. The van der Waals surface area contributed by atoms with E-state index in [0.717, 1.165) is 0 Å². The van der Waals surface area contributed by atoms with Crippen molar-refractivity contribution in [3.05, 3.63) is 46.8 Å². The zero-order chi connectivity index (χ0) is 14.0. The number of aromatic carboxylic acids is 1. The highest BCUT2D eigenvalue weighted by atomic mass is 19.1. The van der Waals surface area contributed by atoms with Gasteiger partial charge in [0.25, 0.3) is 0 Å². The highest BCUT2D eigenvalue weighted by Crippen LogP contribution is 2.19. The van der Waals surface area contributed by atoms with E-state index < -0.39 is 11.8 Å². The van der Waals surface area contributed by atoms with E-state index in [-0.39, 0.29) is 11.4 Å². The predicted octanol–water partition coefficient (Wildman–Crippen LogP) is 2.15. The van der Waals surface area contributed by atoms with Crippen molar-refractivity contribution in [2.45, 2.75) is 13.3 Å². The monoisotopic (exact) mass is 264 g/mol. The van der Waals surface area contributed by atoms with Crippen molar-refractivity contribution < 1.29 is 19.0 Å². The average Bonchev–Trinajstić information content (AvgIpc) is 2.70. The smallest absolute Gasteiger partial charge is 0.356 e. The van der Waals surface area contributed by atoms with Crippen LogP contribution in [0.15, 0.2) is 18.2 Å². The molecular formula is C13H13FN2O3. The topological polar surface area (TPSA) is 75.2 Å². The van der Waals surface area contributed by atoms with E-state index >= 15 is 0 Å². The third kappa shape index (κ3) is 2.73. The molecule has 0 saturated carbocycles. The number of carbonyl (C=O) groups is 1. The molecule has 1 aromatic heterocycles. The van der Waals surface area contributed by atoms with E-state index in [9.17, 15) is 9.18 Å². The number of benzene rings is 1. The Morgan fingerprint density at radius 2 is 2.26 bits per heavy atom. The molecule has 0 unspecified atom stereocenters. The van der Waals surface area contributed by atoms with Gasteiger partial charge in [0.05, 0.1) is 7.11 Å². The summed E-state index contributed by atoms with van der Waals surface area (Å²) in [6.45, 7) is 1.63. The van der Waals surface area contributed by atoms with Crippen LogP contribution in [0.2, 0.25) is 0 Å². The second-order valence-electron chi connectivity index (χ2n) is 4.11. The molecule has 0 aliphatic carbocycles. The molecule has 0 atom stereocenters. The quantitative estimate of drug-likeness (QED) is 0.887. The van der Waals surface area contributed by atoms with Crippen LogP contribution in [0.25, 0.3) is 0 Å². The maximum absolute atomic E-state index is 13.5. The number of aromatic nitrogens is 2. The lowest BCUT2D eigenvalue weighted by atomic mass is 10.1. The zero-order valence-corrected chi connectivity index (χ0v) is 10.5. The fourth-order valence-electron chi connectivity index (χ4n) is 1.83. The second-order valence-corrected chi connectivity index (χ2v) is 4.11. The number of carboxylic acids is 1. The fraction of sp³-hybridized carbons (Fsp3) is 0.231. The third-order valence-electron chi connectivity index (χ3n) is 2.72. The number of nitrogens with zero attached hydrogens (tertiary/aromatic N) is 1. The molecule has 1 heterocycles. The molecule has 100 valence electrons. The summed E-state index contributed by atoms with van der Waals surface area (Å²) in [5, 5.41) is 8.90. The average molecular weight is 264 g/mol. The summed E-state index contributed by atoms with van der Waals surface area (Å²) in [6, 6.07) is 4.58. The molecular weight excluding hydrogens is 251 g/mol. The molecule has 0 bridgehead atoms. The van der Waals surface area contributed by atoms with Crippen LogP contribution in [0.1, 0.15) is 27.6 Å². The number of aryl methyl sites for hydroxylation is 1. The van der Waals surface area contributed by atoms with Crippen LogP contribution in [-0.2, 0) is 6.42 Å². The number of methoxy groups -OCH3 is 1. The maximum Gasteiger partial charge on any atom is 0.356 e. The Kier molecular flexibility index (Phi) is 3.50. The van der Waals surface area contributed by atoms with Gasteiger partial charge in [-0.2, -0.15) is 0 Å². The first-order valence-corrected chi connectivity index (χ1v) is 5.62. The molecule has 0 fully saturated rings. The molecule has 0 saturated heterocycles. The number of nitrogens with one attached hydrogen (secondary N) is 1. The molecule has 5 nitrogen and oxygen atoms in total. The van der Waals surface area contributed by atoms with Gasteiger partial charge in [0.15, 0.2) is 17.3 Å². The Labute approximate surface area is 109 Å². The first-order valence-electron chi connectivity index (χ1n) is 5.62. The molecule has 0 aliphatic rings. The molecule has 19 heavy (non-hydrogen) atoms. The summed E-state index contributed by atoms with van der Waals surface area (Å²) < 4.78 is 18.3. The summed E-state index contributed by atoms with van der Waals surface area (Å²) in [4.78, 5) is 17.7. The Bertz CT molecular complexity index is 622. The largest absolute Gasteiger partial charge is 0.494 e. The van der Waals surface area contributed by atoms with Crippen molar-refractivity contribution in [1.29, 1.82) is 0 Å². The fourth-order valence-corrected chi connectivity index (χ4v) is 1.83. The molecule has 2 aromatic rings. The van der Waals surface area contributed by atoms with Crippen LogP contribution < -0.4 is 4.74 Å². The lowest BCUT2D eigenvalue weighted by Gasteiger charge is -2.03. The Morgan fingerprint density at radius 1 is 1.53 bits per heavy atom. The van der Waals surface area contributed by atoms with Crippen molar-refractivity contribution >= 4 is 5.97 Å². The molecule has 2 N–H and O–H groups in total. The van der Waals surface area contributed by atoms with Crippen molar-refractivity contribution in [1.82, 2.24) is 9.97 Å². The van der Waals surface area contributed by atoms with Crippen LogP contribution in [0.4, 0.5) is 4.39 Å². The van der Waals surface area contributed by atoms with Gasteiger partial charge in [0.1, 0.15) is 5.82 Å². The van der Waals surface area contributed by atoms with Gasteiger partial charge in [0.2, 0.25) is 0 Å². The minimum atomic E-state index is -1.08. The number of hydrogen-bond donors (Lipinski definition) is 2. The van der Waals surface area contributed by atoms with Crippen LogP contribution >= 0.6 is 0 Å². The highest BCUT2D eigenvalue weighted by molar-refractivity contribution is 5.86. The van der Waals surface area contributed by atoms with E-state index in [1.165, 1.54) is 19.2 Å². The summed E-state index contributed by atoms with van der Waals surface area (Å²) in [5.74, 6) is -0.882. The number of hydrogen-bond acceptors (Lipinski definition) is 3. The van der Waals surface area contributed by atoms with Crippen LogP contribution in [-0.4, -0.2) is 28.2 Å². The molecule has 1 aromatic carbocycles. The Hall–Kier alpha value is -2.37. The minimum absolute atomic E-state index is 0.0102. The number of H-pyrrole nitrogens is 1. The van der Waals surface area contributed by atoms with Gasteiger partial charge in [0, 0.05) is 12.1 Å². The number of halogens is 1. The summed E-state index contributed by atoms with van der Waals surface area (Å²) in [7, 11) is 1.40. The Morgan fingerprint density at radius 3 is 2.79 bits per heavy atom. The number of ether oxygens (including phenoxy) is 1. The summed E-state index contributed by atoms with van der Waals surface area (Å²) in [5.41, 5.74) is 1.16. The molecule has 0 aliphatic heterocycles. The van der Waals surface area contributed by atoms with Crippen molar-refractivity contribution in [3.63, 3.8) is 0 Å². The second kappa shape index (κ2) is 5.09. The van der Waals surface area contributed by atoms with E-state index in [4.69, 9.17) is 9.84 Å². The van der Waals surface area contributed by atoms with E-state index in [1.54, 1.807) is 13.0 Å². The Balaban J connectivity index is 2.24. The number of imidazole rings is 1. The van der Waals surface area contributed by atoms with Gasteiger partial charge in [-0.25, -0.2) is 14.2 Å². The molecule has 0 radical (unpaired) electrons. The summed E-state index contributed by atoms with van der Waals surface area (Å²) in [6.07, 6.45) is 0.328. The molecule has 6 heteroatoms. The van der Waals surface area contributed by atoms with Gasteiger partial charge in [-0.05, 0) is 24.6 Å². The standard InChI is InChI=1S/C13H13FN2O3/c1-7-12(13(17)18)16-11(15-7)6-8-3-4-10(19-2)9(14)5-8/h3-5H,6H2,1-2H3,(H,15,16)(H,17,18).